The van der Waals surface area contributed by atoms with E-state index in [9.17, 15) is 9.59 Å². The molecule has 2 N–H and O–H groups in total. The average Bonchev–Trinajstić information content (AvgIpc) is 3.01. The van der Waals surface area contributed by atoms with Gasteiger partial charge in [-0.2, -0.15) is 5.10 Å². The minimum atomic E-state index is -1.19. The fraction of sp³-hybridized carbons (Fsp3) is 0.312. The lowest BCUT2D eigenvalue weighted by Crippen LogP contribution is -2.51. The predicted molar refractivity (Wildman–Crippen MR) is 89.1 cm³/mol. The lowest BCUT2D eigenvalue weighted by molar-refractivity contribution is -0.130. The molecule has 1 aromatic heterocycles. The monoisotopic (exact) mass is 330 g/mol. The zero-order valence-electron chi connectivity index (χ0n) is 13.0. The molecule has 0 radical (unpaired) electrons. The smallest absolute Gasteiger partial charge is 0.250 e. The van der Waals surface area contributed by atoms with E-state index < -0.39 is 4.75 Å². The second-order valence-corrected chi connectivity index (χ2v) is 6.93. The molecule has 23 heavy (non-hydrogen) atoms. The van der Waals surface area contributed by atoms with Crippen molar-refractivity contribution >= 4 is 29.3 Å². The number of aromatic nitrogens is 2. The fourth-order valence-electron chi connectivity index (χ4n) is 2.34. The van der Waals surface area contributed by atoms with Crippen LogP contribution in [0.25, 0.3) is 0 Å². The third-order valence-corrected chi connectivity index (χ3v) is 5.13. The number of nitrogens with one attached hydrogen (secondary N) is 2. The van der Waals surface area contributed by atoms with E-state index in [0.29, 0.717) is 6.54 Å². The number of carbonyl (C=O) groups excluding carboxylic acids is 2. The summed E-state index contributed by atoms with van der Waals surface area (Å²) in [7, 11) is 0. The molecule has 0 fully saturated rings. The maximum Gasteiger partial charge on any atom is 0.250 e. The van der Waals surface area contributed by atoms with E-state index >= 15 is 0 Å². The second kappa shape index (κ2) is 6.08. The number of carbonyl (C=O) groups is 2. The van der Waals surface area contributed by atoms with Crippen molar-refractivity contribution in [2.45, 2.75) is 36.6 Å². The number of anilines is 1. The van der Waals surface area contributed by atoms with Crippen LogP contribution in [-0.4, -0.2) is 26.3 Å². The summed E-state index contributed by atoms with van der Waals surface area (Å²) in [5.41, 5.74) is 1.66. The second-order valence-electron chi connectivity index (χ2n) is 5.47. The highest BCUT2D eigenvalue weighted by Crippen LogP contribution is 2.42. The first-order valence-electron chi connectivity index (χ1n) is 7.42. The molecule has 3 rings (SSSR count). The van der Waals surface area contributed by atoms with Crippen LogP contribution in [0.5, 0.6) is 0 Å². The summed E-state index contributed by atoms with van der Waals surface area (Å²) in [6, 6.07) is 7.47. The molecule has 0 aliphatic carbocycles. The highest BCUT2D eigenvalue weighted by Gasteiger charge is 2.45. The predicted octanol–water partition coefficient (Wildman–Crippen LogP) is 2.02. The van der Waals surface area contributed by atoms with Gasteiger partial charge < -0.3 is 10.6 Å². The molecule has 2 amide bonds. The third-order valence-electron chi connectivity index (χ3n) is 3.78. The van der Waals surface area contributed by atoms with Gasteiger partial charge in [-0.3, -0.25) is 14.3 Å². The first kappa shape index (κ1) is 15.6. The Kier molecular flexibility index (Phi) is 4.12. The lowest BCUT2D eigenvalue weighted by atomic mass is 10.1. The number of nitrogens with zero attached hydrogens (tertiary/aromatic N) is 2. The van der Waals surface area contributed by atoms with E-state index in [-0.39, 0.29) is 11.8 Å². The van der Waals surface area contributed by atoms with Crippen molar-refractivity contribution in [1.29, 1.82) is 0 Å². The number of aryl methyl sites for hydroxylation is 1. The summed E-state index contributed by atoms with van der Waals surface area (Å²) < 4.78 is 0.608. The fourth-order valence-corrected chi connectivity index (χ4v) is 3.46. The van der Waals surface area contributed by atoms with Crippen molar-refractivity contribution in [3.63, 3.8) is 0 Å². The molecule has 2 heterocycles. The number of hydrogen-bond donors (Lipinski definition) is 2. The summed E-state index contributed by atoms with van der Waals surface area (Å²) in [6.07, 6.45) is 3.60. The first-order chi connectivity index (χ1) is 11.0. The van der Waals surface area contributed by atoms with E-state index in [4.69, 9.17) is 0 Å². The Morgan fingerprint density at radius 3 is 2.96 bits per heavy atom. The van der Waals surface area contributed by atoms with Crippen molar-refractivity contribution in [3.05, 3.63) is 42.2 Å². The van der Waals surface area contributed by atoms with Gasteiger partial charge >= 0.3 is 0 Å². The van der Waals surface area contributed by atoms with Crippen LogP contribution in [-0.2, 0) is 22.7 Å². The summed E-state index contributed by atoms with van der Waals surface area (Å²) >= 11 is 1.28. The van der Waals surface area contributed by atoms with Gasteiger partial charge in [0.15, 0.2) is 4.75 Å². The van der Waals surface area contributed by atoms with E-state index in [2.05, 4.69) is 15.7 Å². The molecule has 0 saturated heterocycles. The molecule has 0 saturated carbocycles. The van der Waals surface area contributed by atoms with Crippen molar-refractivity contribution in [3.8, 4) is 0 Å². The van der Waals surface area contributed by atoms with Crippen LogP contribution in [0, 0.1) is 0 Å². The molecule has 1 aliphatic rings. The van der Waals surface area contributed by atoms with Gasteiger partial charge in [0, 0.05) is 29.7 Å². The Labute approximate surface area is 138 Å². The van der Waals surface area contributed by atoms with Crippen molar-refractivity contribution in [2.24, 2.45) is 0 Å². The van der Waals surface area contributed by atoms with Gasteiger partial charge in [-0.25, -0.2) is 0 Å². The normalized spacial score (nSPS) is 19.8. The number of rotatable bonds is 4. The molecule has 6 nitrogen and oxygen atoms in total. The Morgan fingerprint density at radius 1 is 1.43 bits per heavy atom. The maximum absolute atomic E-state index is 12.6. The van der Waals surface area contributed by atoms with Gasteiger partial charge in [0.2, 0.25) is 11.8 Å². The quantitative estimate of drug-likeness (QED) is 0.841. The van der Waals surface area contributed by atoms with Crippen molar-refractivity contribution in [2.75, 3.05) is 5.32 Å². The first-order valence-corrected chi connectivity index (χ1v) is 8.23. The van der Waals surface area contributed by atoms with Crippen LogP contribution in [0.3, 0.4) is 0 Å². The summed E-state index contributed by atoms with van der Waals surface area (Å²) in [5, 5.41) is 9.81. The molecule has 2 aromatic rings. The lowest BCUT2D eigenvalue weighted by Gasteiger charge is -2.31. The largest absolute Gasteiger partial charge is 0.350 e. The Morgan fingerprint density at radius 2 is 2.22 bits per heavy atom. The number of fused-ring (bicyclic) bond motifs is 1. The van der Waals surface area contributed by atoms with E-state index in [1.165, 1.54) is 11.8 Å². The minimum absolute atomic E-state index is 0.303. The number of benzene rings is 1. The number of thioether (sulfide) groups is 1. The molecular weight excluding hydrogens is 312 g/mol. The van der Waals surface area contributed by atoms with Gasteiger partial charge in [0.05, 0.1) is 11.9 Å². The van der Waals surface area contributed by atoms with Gasteiger partial charge in [-0.15, -0.1) is 0 Å². The van der Waals surface area contributed by atoms with E-state index in [1.807, 2.05) is 37.4 Å². The summed E-state index contributed by atoms with van der Waals surface area (Å²) in [5.74, 6) is -0.610. The number of amides is 2. The topological polar surface area (TPSA) is 76.0 Å². The summed E-state index contributed by atoms with van der Waals surface area (Å²) in [6.45, 7) is 4.77. The molecule has 0 spiro atoms. The molecule has 1 aliphatic heterocycles. The van der Waals surface area contributed by atoms with Crippen LogP contribution in [0.2, 0.25) is 0 Å². The van der Waals surface area contributed by atoms with E-state index in [0.717, 1.165) is 22.7 Å². The zero-order valence-corrected chi connectivity index (χ0v) is 13.8. The maximum atomic E-state index is 12.6. The Balaban J connectivity index is 1.72. The van der Waals surface area contributed by atoms with Crippen LogP contribution in [0.15, 0.2) is 41.6 Å². The zero-order chi connectivity index (χ0) is 16.4. The number of para-hydroxylation sites is 1. The Bertz CT molecular complexity index is 758. The molecular formula is C16H18N4O2S. The SMILES string of the molecule is CCn1cc(CNC(=O)[C@]2(C)Sc3ccccc3NC2=O)cn1. The molecule has 1 atom stereocenters. The molecule has 1 aromatic carbocycles. The van der Waals surface area contributed by atoms with Gasteiger partial charge in [-0.1, -0.05) is 23.9 Å². The van der Waals surface area contributed by atoms with Crippen LogP contribution in [0.1, 0.15) is 19.4 Å². The van der Waals surface area contributed by atoms with Crippen LogP contribution in [0.4, 0.5) is 5.69 Å². The molecule has 0 bridgehead atoms. The van der Waals surface area contributed by atoms with Gasteiger partial charge in [0.1, 0.15) is 0 Å². The van der Waals surface area contributed by atoms with Crippen molar-refractivity contribution in [1.82, 2.24) is 15.1 Å². The van der Waals surface area contributed by atoms with Gasteiger partial charge in [0.25, 0.3) is 0 Å². The van der Waals surface area contributed by atoms with Gasteiger partial charge in [-0.05, 0) is 26.0 Å². The third kappa shape index (κ3) is 2.96. The standard InChI is InChI=1S/C16H18N4O2S/c1-3-20-10-11(9-18-20)8-17-14(21)16(2)15(22)19-12-6-4-5-7-13(12)23-16/h4-7,9-10H,3,8H2,1-2H3,(H,17,21)(H,19,22)/t16-/m0/s1. The summed E-state index contributed by atoms with van der Waals surface area (Å²) in [4.78, 5) is 25.8. The van der Waals surface area contributed by atoms with Crippen LogP contribution < -0.4 is 10.6 Å². The van der Waals surface area contributed by atoms with Crippen molar-refractivity contribution < 1.29 is 9.59 Å². The van der Waals surface area contributed by atoms with E-state index in [1.54, 1.807) is 17.8 Å². The Hall–Kier alpha value is -2.28. The van der Waals surface area contributed by atoms with Crippen LogP contribution >= 0.6 is 11.8 Å². The minimum Gasteiger partial charge on any atom is -0.350 e. The highest BCUT2D eigenvalue weighted by molar-refractivity contribution is 8.02. The molecule has 120 valence electrons. The molecule has 0 unspecified atom stereocenters. The molecule has 7 heteroatoms. The average molecular weight is 330 g/mol. The number of hydrogen-bond acceptors (Lipinski definition) is 4. The highest BCUT2D eigenvalue weighted by atomic mass is 32.2.